The first-order chi connectivity index (χ1) is 10.1. The van der Waals surface area contributed by atoms with Crippen LogP contribution in [0.15, 0.2) is 53.1 Å². The van der Waals surface area contributed by atoms with Gasteiger partial charge in [-0.05, 0) is 43.3 Å². The summed E-state index contributed by atoms with van der Waals surface area (Å²) in [5.41, 5.74) is 3.46. The second-order valence-corrected chi connectivity index (χ2v) is 5.68. The maximum absolute atomic E-state index is 12.1. The monoisotopic (exact) mass is 343 g/mol. The highest BCUT2D eigenvalue weighted by atomic mass is 79.9. The molecule has 0 unspecified atom stereocenters. The van der Waals surface area contributed by atoms with Crippen LogP contribution in [0.4, 0.5) is 0 Å². The number of hydrogen-bond donors (Lipinski definition) is 1. The smallest absolute Gasteiger partial charge is 0.251 e. The van der Waals surface area contributed by atoms with Gasteiger partial charge in [0.2, 0.25) is 0 Å². The lowest BCUT2D eigenvalue weighted by atomic mass is 10.2. The molecule has 2 aromatic heterocycles. The molecule has 0 fully saturated rings. The summed E-state index contributed by atoms with van der Waals surface area (Å²) in [6.07, 6.45) is 1.95. The average molecular weight is 344 g/mol. The van der Waals surface area contributed by atoms with Crippen LogP contribution in [-0.2, 0) is 6.54 Å². The fourth-order valence-corrected chi connectivity index (χ4v) is 2.51. The quantitative estimate of drug-likeness (QED) is 0.792. The van der Waals surface area contributed by atoms with Crippen LogP contribution in [-0.4, -0.2) is 15.3 Å². The Bertz CT molecular complexity index is 793. The maximum Gasteiger partial charge on any atom is 0.251 e. The van der Waals surface area contributed by atoms with Crippen molar-refractivity contribution in [3.05, 3.63) is 70.1 Å². The number of nitrogens with zero attached hydrogens (tertiary/aromatic N) is 2. The minimum Gasteiger partial charge on any atom is -0.346 e. The molecule has 0 saturated carbocycles. The number of hydrogen-bond acceptors (Lipinski definition) is 2. The van der Waals surface area contributed by atoms with E-state index in [1.807, 2.05) is 47.9 Å². The Hall–Kier alpha value is -2.14. The Balaban J connectivity index is 1.79. The van der Waals surface area contributed by atoms with Gasteiger partial charge in [0.05, 0.1) is 17.9 Å². The van der Waals surface area contributed by atoms with Crippen LogP contribution in [0.1, 0.15) is 21.7 Å². The fourth-order valence-electron chi connectivity index (χ4n) is 2.24. The summed E-state index contributed by atoms with van der Waals surface area (Å²) >= 11 is 3.36. The predicted octanol–water partition coefficient (Wildman–Crippen LogP) is 3.34. The third-order valence-electron chi connectivity index (χ3n) is 3.35. The van der Waals surface area contributed by atoms with Crippen LogP contribution >= 0.6 is 15.9 Å². The van der Waals surface area contributed by atoms with Crippen molar-refractivity contribution in [1.82, 2.24) is 14.7 Å². The third-order valence-corrected chi connectivity index (χ3v) is 3.88. The highest BCUT2D eigenvalue weighted by Gasteiger charge is 2.10. The van der Waals surface area contributed by atoms with Gasteiger partial charge in [0.15, 0.2) is 0 Å². The number of nitrogens with one attached hydrogen (secondary N) is 1. The van der Waals surface area contributed by atoms with Crippen LogP contribution in [0.5, 0.6) is 0 Å². The average Bonchev–Trinajstić information content (AvgIpc) is 2.81. The number of carbonyl (C=O) groups excluding carboxylic acids is 1. The van der Waals surface area contributed by atoms with Crippen molar-refractivity contribution in [2.75, 3.05) is 0 Å². The number of fused-ring (bicyclic) bond motifs is 1. The van der Waals surface area contributed by atoms with Gasteiger partial charge in [0, 0.05) is 16.2 Å². The van der Waals surface area contributed by atoms with Crippen LogP contribution in [0.3, 0.4) is 0 Å². The number of benzene rings is 1. The van der Waals surface area contributed by atoms with Gasteiger partial charge < -0.3 is 9.72 Å². The van der Waals surface area contributed by atoms with Crippen molar-refractivity contribution < 1.29 is 4.79 Å². The molecular formula is C16H14BrN3O. The van der Waals surface area contributed by atoms with E-state index in [0.717, 1.165) is 21.5 Å². The molecule has 0 aliphatic rings. The van der Waals surface area contributed by atoms with Gasteiger partial charge in [-0.3, -0.25) is 4.79 Å². The van der Waals surface area contributed by atoms with Crippen molar-refractivity contribution in [3.8, 4) is 0 Å². The van der Waals surface area contributed by atoms with Crippen LogP contribution in [0, 0.1) is 6.92 Å². The molecule has 0 radical (unpaired) electrons. The van der Waals surface area contributed by atoms with Crippen molar-refractivity contribution in [3.63, 3.8) is 0 Å². The molecule has 0 aliphatic heterocycles. The topological polar surface area (TPSA) is 46.4 Å². The molecule has 0 spiro atoms. The van der Waals surface area contributed by atoms with Gasteiger partial charge in [-0.1, -0.05) is 22.0 Å². The molecule has 1 N–H and O–H groups in total. The third kappa shape index (κ3) is 2.83. The van der Waals surface area contributed by atoms with Gasteiger partial charge in [-0.25, -0.2) is 4.98 Å². The number of aryl methyl sites for hydroxylation is 1. The number of halogens is 1. The van der Waals surface area contributed by atoms with Crippen LogP contribution in [0.25, 0.3) is 5.65 Å². The van der Waals surface area contributed by atoms with Crippen molar-refractivity contribution in [2.45, 2.75) is 13.5 Å². The molecule has 0 bridgehead atoms. The number of rotatable bonds is 3. The lowest BCUT2D eigenvalue weighted by Crippen LogP contribution is -2.23. The van der Waals surface area contributed by atoms with E-state index in [1.165, 1.54) is 0 Å². The first-order valence-electron chi connectivity index (χ1n) is 6.61. The second-order valence-electron chi connectivity index (χ2n) is 4.76. The minimum atomic E-state index is -0.0900. The molecule has 0 atom stereocenters. The van der Waals surface area contributed by atoms with Gasteiger partial charge >= 0.3 is 0 Å². The van der Waals surface area contributed by atoms with E-state index in [1.54, 1.807) is 12.1 Å². The summed E-state index contributed by atoms with van der Waals surface area (Å²) in [4.78, 5) is 16.6. The molecule has 1 amide bonds. The van der Waals surface area contributed by atoms with Crippen LogP contribution < -0.4 is 5.32 Å². The Morgan fingerprint density at radius 3 is 2.76 bits per heavy atom. The highest BCUT2D eigenvalue weighted by molar-refractivity contribution is 9.10. The molecule has 5 heteroatoms. The predicted molar refractivity (Wildman–Crippen MR) is 85.2 cm³/mol. The van der Waals surface area contributed by atoms with E-state index < -0.39 is 0 Å². The van der Waals surface area contributed by atoms with Gasteiger partial charge in [-0.15, -0.1) is 0 Å². The summed E-state index contributed by atoms with van der Waals surface area (Å²) in [5, 5.41) is 2.94. The van der Waals surface area contributed by atoms with Gasteiger partial charge in [-0.2, -0.15) is 0 Å². The minimum absolute atomic E-state index is 0.0900. The molecule has 0 saturated heterocycles. The van der Waals surface area contributed by atoms with E-state index >= 15 is 0 Å². The standard InChI is InChI=1S/C16H14BrN3O/c1-11-14(20-9-3-2-4-15(20)19-11)10-18-16(21)12-5-7-13(17)8-6-12/h2-9H,10H2,1H3,(H,18,21). The zero-order chi connectivity index (χ0) is 14.8. The molecule has 106 valence electrons. The molecule has 4 nitrogen and oxygen atoms in total. The summed E-state index contributed by atoms with van der Waals surface area (Å²) in [6, 6.07) is 13.2. The molecule has 21 heavy (non-hydrogen) atoms. The first kappa shape index (κ1) is 13.8. The van der Waals surface area contributed by atoms with E-state index in [9.17, 15) is 4.79 Å². The Morgan fingerprint density at radius 1 is 1.24 bits per heavy atom. The van der Waals surface area contributed by atoms with E-state index in [2.05, 4.69) is 26.2 Å². The summed E-state index contributed by atoms with van der Waals surface area (Å²) in [6.45, 7) is 2.40. The van der Waals surface area contributed by atoms with Crippen molar-refractivity contribution in [2.24, 2.45) is 0 Å². The second kappa shape index (κ2) is 5.69. The number of pyridine rings is 1. The lowest BCUT2D eigenvalue weighted by molar-refractivity contribution is 0.0950. The lowest BCUT2D eigenvalue weighted by Gasteiger charge is -2.06. The zero-order valence-electron chi connectivity index (χ0n) is 11.5. The van der Waals surface area contributed by atoms with Crippen LogP contribution in [0.2, 0.25) is 0 Å². The highest BCUT2D eigenvalue weighted by Crippen LogP contribution is 2.13. The molecule has 3 rings (SSSR count). The SMILES string of the molecule is Cc1nc2ccccn2c1CNC(=O)c1ccc(Br)cc1. The molecule has 3 aromatic rings. The Kier molecular flexibility index (Phi) is 3.75. The largest absolute Gasteiger partial charge is 0.346 e. The Labute approximate surface area is 131 Å². The molecule has 1 aromatic carbocycles. The number of aromatic nitrogens is 2. The number of carbonyl (C=O) groups is 1. The number of amides is 1. The van der Waals surface area contributed by atoms with Crippen molar-refractivity contribution in [1.29, 1.82) is 0 Å². The summed E-state index contributed by atoms with van der Waals surface area (Å²) < 4.78 is 2.95. The van der Waals surface area contributed by atoms with E-state index in [0.29, 0.717) is 12.1 Å². The number of imidazole rings is 1. The van der Waals surface area contributed by atoms with Crippen molar-refractivity contribution >= 4 is 27.5 Å². The Morgan fingerprint density at radius 2 is 2.00 bits per heavy atom. The normalized spacial score (nSPS) is 10.8. The van der Waals surface area contributed by atoms with E-state index in [-0.39, 0.29) is 5.91 Å². The molecular weight excluding hydrogens is 330 g/mol. The van der Waals surface area contributed by atoms with Gasteiger partial charge in [0.1, 0.15) is 5.65 Å². The maximum atomic E-state index is 12.1. The first-order valence-corrected chi connectivity index (χ1v) is 7.41. The van der Waals surface area contributed by atoms with Gasteiger partial charge in [0.25, 0.3) is 5.91 Å². The van der Waals surface area contributed by atoms with E-state index in [4.69, 9.17) is 0 Å². The zero-order valence-corrected chi connectivity index (χ0v) is 13.1. The molecule has 2 heterocycles. The summed E-state index contributed by atoms with van der Waals surface area (Å²) in [7, 11) is 0. The molecule has 0 aliphatic carbocycles. The fraction of sp³-hybridized carbons (Fsp3) is 0.125. The summed E-state index contributed by atoms with van der Waals surface area (Å²) in [5.74, 6) is -0.0900.